The van der Waals surface area contributed by atoms with E-state index >= 15 is 0 Å². The van der Waals surface area contributed by atoms with Gasteiger partial charge in [0.25, 0.3) is 11.8 Å². The van der Waals surface area contributed by atoms with Crippen LogP contribution in [0.1, 0.15) is 29.2 Å². The fraction of sp³-hybridized carbons (Fsp3) is 0.154. The first-order chi connectivity index (χ1) is 14.9. The van der Waals surface area contributed by atoms with Crippen molar-refractivity contribution in [1.82, 2.24) is 0 Å². The second-order valence-electron chi connectivity index (χ2n) is 7.72. The second-order valence-corrected chi connectivity index (χ2v) is 8.16. The summed E-state index contributed by atoms with van der Waals surface area (Å²) in [6.07, 6.45) is 0.885. The van der Waals surface area contributed by atoms with Gasteiger partial charge in [-0.15, -0.1) is 0 Å². The Kier molecular flexibility index (Phi) is 5.66. The van der Waals surface area contributed by atoms with Crippen LogP contribution in [0.25, 0.3) is 5.57 Å². The molecule has 3 aromatic rings. The summed E-state index contributed by atoms with van der Waals surface area (Å²) in [5.74, 6) is -0.734. The molecule has 1 aliphatic rings. The minimum atomic E-state index is -0.377. The highest BCUT2D eigenvalue weighted by atomic mass is 35.5. The molecule has 4 rings (SSSR count). The zero-order valence-corrected chi connectivity index (χ0v) is 18.5. The Balaban J connectivity index is 1.81. The van der Waals surface area contributed by atoms with Crippen molar-refractivity contribution in [1.29, 1.82) is 0 Å². The van der Waals surface area contributed by atoms with Crippen molar-refractivity contribution in [3.63, 3.8) is 0 Å². The van der Waals surface area contributed by atoms with Gasteiger partial charge in [-0.05, 0) is 78.9 Å². The molecule has 0 atom stereocenters. The lowest BCUT2D eigenvalue weighted by Gasteiger charge is -2.16. The molecule has 3 aromatic carbocycles. The Morgan fingerprint density at radius 1 is 0.839 bits per heavy atom. The van der Waals surface area contributed by atoms with Crippen LogP contribution in [0.3, 0.4) is 0 Å². The molecule has 0 aromatic heterocycles. The molecule has 4 nitrogen and oxygen atoms in total. The van der Waals surface area contributed by atoms with E-state index in [0.29, 0.717) is 21.8 Å². The average Bonchev–Trinajstić information content (AvgIpc) is 2.98. The number of nitrogens with zero attached hydrogens (tertiary/aromatic N) is 1. The third-order valence-corrected chi connectivity index (χ3v) is 5.56. The van der Waals surface area contributed by atoms with Crippen molar-refractivity contribution in [2.45, 2.75) is 27.2 Å². The van der Waals surface area contributed by atoms with E-state index in [4.69, 9.17) is 11.6 Å². The predicted octanol–water partition coefficient (Wildman–Crippen LogP) is 5.92. The molecule has 2 amide bonds. The number of halogens is 1. The van der Waals surface area contributed by atoms with Crippen LogP contribution in [0, 0.1) is 13.8 Å². The SMILES string of the molecule is CCc1ccc(N2C(=O)C(Nc3cc(C)cc(C)c3)=C(c3ccc(Cl)cc3)C2=O)cc1. The van der Waals surface area contributed by atoms with Crippen LogP contribution in [0.2, 0.25) is 5.02 Å². The number of amides is 2. The van der Waals surface area contributed by atoms with Crippen molar-refractivity contribution in [3.05, 3.63) is 99.7 Å². The van der Waals surface area contributed by atoms with Gasteiger partial charge in [0.2, 0.25) is 0 Å². The number of carbonyl (C=O) groups excluding carboxylic acids is 2. The summed E-state index contributed by atoms with van der Waals surface area (Å²) >= 11 is 6.04. The lowest BCUT2D eigenvalue weighted by Crippen LogP contribution is -2.32. The van der Waals surface area contributed by atoms with E-state index in [9.17, 15) is 9.59 Å². The van der Waals surface area contributed by atoms with Crippen molar-refractivity contribution in [3.8, 4) is 0 Å². The number of aryl methyl sites for hydroxylation is 3. The minimum Gasteiger partial charge on any atom is -0.350 e. The van der Waals surface area contributed by atoms with Crippen LogP contribution in [-0.2, 0) is 16.0 Å². The van der Waals surface area contributed by atoms with Gasteiger partial charge in [-0.2, -0.15) is 0 Å². The fourth-order valence-electron chi connectivity index (χ4n) is 3.84. The molecule has 5 heteroatoms. The summed E-state index contributed by atoms with van der Waals surface area (Å²) in [5, 5.41) is 3.79. The highest BCUT2D eigenvalue weighted by Gasteiger charge is 2.40. The maximum atomic E-state index is 13.5. The van der Waals surface area contributed by atoms with Gasteiger partial charge in [0.05, 0.1) is 11.3 Å². The highest BCUT2D eigenvalue weighted by Crippen LogP contribution is 2.34. The van der Waals surface area contributed by atoms with E-state index in [2.05, 4.69) is 18.3 Å². The smallest absolute Gasteiger partial charge is 0.282 e. The molecule has 0 saturated carbocycles. The van der Waals surface area contributed by atoms with Crippen LogP contribution in [0.4, 0.5) is 11.4 Å². The van der Waals surface area contributed by atoms with Crippen LogP contribution in [0.15, 0.2) is 72.4 Å². The van der Waals surface area contributed by atoms with Crippen molar-refractivity contribution in [2.75, 3.05) is 10.2 Å². The summed E-state index contributed by atoms with van der Waals surface area (Å²) in [7, 11) is 0. The van der Waals surface area contributed by atoms with Crippen molar-refractivity contribution in [2.24, 2.45) is 0 Å². The standard InChI is InChI=1S/C26H23ClN2O2/c1-4-18-5-11-22(12-6-18)29-25(30)23(19-7-9-20(27)10-8-19)24(26(29)31)28-21-14-16(2)13-17(3)15-21/h5-15,28H,4H2,1-3H3. The minimum absolute atomic E-state index is 0.261. The number of hydrogen-bond acceptors (Lipinski definition) is 3. The van der Waals surface area contributed by atoms with E-state index in [0.717, 1.165) is 28.8 Å². The fourth-order valence-corrected chi connectivity index (χ4v) is 3.96. The number of nitrogens with one attached hydrogen (secondary N) is 1. The number of hydrogen-bond donors (Lipinski definition) is 1. The number of rotatable bonds is 5. The Bertz CT molecular complexity index is 1170. The molecular weight excluding hydrogens is 408 g/mol. The third kappa shape index (κ3) is 4.12. The van der Waals surface area contributed by atoms with Gasteiger partial charge in [-0.25, -0.2) is 4.90 Å². The van der Waals surface area contributed by atoms with Crippen LogP contribution in [-0.4, -0.2) is 11.8 Å². The Labute approximate surface area is 187 Å². The first-order valence-electron chi connectivity index (χ1n) is 10.2. The average molecular weight is 431 g/mol. The molecule has 1 N–H and O–H groups in total. The Morgan fingerprint density at radius 2 is 1.45 bits per heavy atom. The van der Waals surface area contributed by atoms with Gasteiger partial charge < -0.3 is 5.32 Å². The summed E-state index contributed by atoms with van der Waals surface area (Å²) in [4.78, 5) is 28.1. The normalized spacial score (nSPS) is 13.9. The molecule has 31 heavy (non-hydrogen) atoms. The molecule has 0 spiro atoms. The molecular formula is C26H23ClN2O2. The summed E-state index contributed by atoms with van der Waals surface area (Å²) in [6, 6.07) is 20.4. The largest absolute Gasteiger partial charge is 0.350 e. The zero-order valence-electron chi connectivity index (χ0n) is 17.7. The van der Waals surface area contributed by atoms with Gasteiger partial charge in [0.1, 0.15) is 5.70 Å². The predicted molar refractivity (Wildman–Crippen MR) is 126 cm³/mol. The molecule has 0 bridgehead atoms. The lowest BCUT2D eigenvalue weighted by atomic mass is 10.0. The molecule has 0 aliphatic carbocycles. The van der Waals surface area contributed by atoms with Gasteiger partial charge in [-0.1, -0.05) is 48.9 Å². The van der Waals surface area contributed by atoms with Gasteiger partial charge in [0, 0.05) is 10.7 Å². The number of benzene rings is 3. The molecule has 0 fully saturated rings. The monoisotopic (exact) mass is 430 g/mol. The zero-order chi connectivity index (χ0) is 22.1. The van der Waals surface area contributed by atoms with Crippen LogP contribution >= 0.6 is 11.6 Å². The maximum Gasteiger partial charge on any atom is 0.282 e. The van der Waals surface area contributed by atoms with E-state index in [1.165, 1.54) is 4.90 Å². The second kappa shape index (κ2) is 8.40. The summed E-state index contributed by atoms with van der Waals surface area (Å²) in [6.45, 7) is 6.05. The van der Waals surface area contributed by atoms with Crippen LogP contribution in [0.5, 0.6) is 0 Å². The lowest BCUT2D eigenvalue weighted by molar-refractivity contribution is -0.120. The van der Waals surface area contributed by atoms with Crippen molar-refractivity contribution >= 4 is 40.4 Å². The van der Waals surface area contributed by atoms with E-state index in [1.807, 2.05) is 50.2 Å². The molecule has 1 aliphatic heterocycles. The first-order valence-corrected chi connectivity index (χ1v) is 10.6. The first kappa shape index (κ1) is 20.9. The number of carbonyl (C=O) groups is 2. The highest BCUT2D eigenvalue weighted by molar-refractivity contribution is 6.46. The van der Waals surface area contributed by atoms with Crippen molar-refractivity contribution < 1.29 is 9.59 Å². The van der Waals surface area contributed by atoms with E-state index < -0.39 is 0 Å². The number of anilines is 2. The van der Waals surface area contributed by atoms with Gasteiger partial charge in [-0.3, -0.25) is 9.59 Å². The molecule has 0 unspecified atom stereocenters. The Morgan fingerprint density at radius 3 is 2.03 bits per heavy atom. The molecule has 1 heterocycles. The number of imide groups is 1. The van der Waals surface area contributed by atoms with E-state index in [1.54, 1.807) is 24.3 Å². The third-order valence-electron chi connectivity index (χ3n) is 5.31. The topological polar surface area (TPSA) is 49.4 Å². The quantitative estimate of drug-likeness (QED) is 0.511. The maximum absolute atomic E-state index is 13.5. The van der Waals surface area contributed by atoms with E-state index in [-0.39, 0.29) is 17.5 Å². The van der Waals surface area contributed by atoms with Gasteiger partial charge in [0.15, 0.2) is 0 Å². The molecule has 0 radical (unpaired) electrons. The molecule has 0 saturated heterocycles. The summed E-state index contributed by atoms with van der Waals surface area (Å²) in [5.41, 5.74) is 5.83. The summed E-state index contributed by atoms with van der Waals surface area (Å²) < 4.78 is 0. The Hall–Kier alpha value is -3.37. The van der Waals surface area contributed by atoms with Gasteiger partial charge >= 0.3 is 0 Å². The van der Waals surface area contributed by atoms with Crippen LogP contribution < -0.4 is 10.2 Å². The molecule has 156 valence electrons.